The average molecular weight is 190 g/mol. The summed E-state index contributed by atoms with van der Waals surface area (Å²) in [5.41, 5.74) is 0. The van der Waals surface area contributed by atoms with E-state index in [4.69, 9.17) is 14.2 Å². The van der Waals surface area contributed by atoms with Crippen LogP contribution in [0.2, 0.25) is 0 Å². The van der Waals surface area contributed by atoms with Gasteiger partial charge in [-0.15, -0.1) is 0 Å². The van der Waals surface area contributed by atoms with Gasteiger partial charge in [0, 0.05) is 14.0 Å². The summed E-state index contributed by atoms with van der Waals surface area (Å²) in [7, 11) is 1.43. The topological polar surface area (TPSA) is 65.0 Å². The quantitative estimate of drug-likeness (QED) is 0.604. The summed E-state index contributed by atoms with van der Waals surface area (Å²) in [6, 6.07) is 0. The summed E-state index contributed by atoms with van der Waals surface area (Å²) in [5, 5.41) is 9.54. The first-order chi connectivity index (χ1) is 6.06. The summed E-state index contributed by atoms with van der Waals surface area (Å²) in [4.78, 5) is 10.7. The SMILES string of the molecule is CO[C@H]1O[C@H](C)[C@H](OC(C)=O)[C@H]1O. The smallest absolute Gasteiger partial charge is 0.303 e. The molecular weight excluding hydrogens is 176 g/mol. The fourth-order valence-corrected chi connectivity index (χ4v) is 1.35. The number of hydrogen-bond donors (Lipinski definition) is 1. The zero-order valence-electron chi connectivity index (χ0n) is 7.89. The van der Waals surface area contributed by atoms with Gasteiger partial charge in [0.1, 0.15) is 6.10 Å². The Hall–Kier alpha value is -0.650. The molecule has 0 aliphatic carbocycles. The van der Waals surface area contributed by atoms with E-state index in [1.807, 2.05) is 0 Å². The first kappa shape index (κ1) is 10.4. The first-order valence-electron chi connectivity index (χ1n) is 4.09. The molecular formula is C8H14O5. The number of aliphatic hydroxyl groups excluding tert-OH is 1. The maximum Gasteiger partial charge on any atom is 0.303 e. The van der Waals surface area contributed by atoms with E-state index in [-0.39, 0.29) is 6.10 Å². The minimum Gasteiger partial charge on any atom is -0.457 e. The van der Waals surface area contributed by atoms with Crippen LogP contribution in [-0.2, 0) is 19.0 Å². The van der Waals surface area contributed by atoms with Gasteiger partial charge in [-0.25, -0.2) is 0 Å². The molecule has 0 radical (unpaired) electrons. The summed E-state index contributed by atoms with van der Waals surface area (Å²) in [6.45, 7) is 3.01. The highest BCUT2D eigenvalue weighted by molar-refractivity contribution is 5.66. The van der Waals surface area contributed by atoms with Crippen molar-refractivity contribution < 1.29 is 24.1 Å². The van der Waals surface area contributed by atoms with E-state index in [1.165, 1.54) is 14.0 Å². The van der Waals surface area contributed by atoms with Gasteiger partial charge >= 0.3 is 5.97 Å². The maximum absolute atomic E-state index is 10.7. The Bertz CT molecular complexity index is 193. The molecule has 5 nitrogen and oxygen atoms in total. The van der Waals surface area contributed by atoms with Gasteiger partial charge in [-0.05, 0) is 6.92 Å². The lowest BCUT2D eigenvalue weighted by Gasteiger charge is -2.16. The normalized spacial score (nSPS) is 39.1. The molecule has 0 unspecified atom stereocenters. The number of methoxy groups -OCH3 is 1. The zero-order chi connectivity index (χ0) is 10.0. The summed E-state index contributed by atoms with van der Waals surface area (Å²) in [6.07, 6.45) is -2.60. The molecule has 4 atom stereocenters. The van der Waals surface area contributed by atoms with Crippen molar-refractivity contribution in [3.05, 3.63) is 0 Å². The molecule has 1 rings (SSSR count). The number of esters is 1. The third-order valence-corrected chi connectivity index (χ3v) is 1.96. The molecule has 1 aliphatic heterocycles. The molecule has 0 bridgehead atoms. The van der Waals surface area contributed by atoms with Crippen molar-refractivity contribution in [1.82, 2.24) is 0 Å². The molecule has 1 aliphatic rings. The van der Waals surface area contributed by atoms with Crippen molar-refractivity contribution >= 4 is 5.97 Å². The lowest BCUT2D eigenvalue weighted by Crippen LogP contribution is -2.36. The van der Waals surface area contributed by atoms with Crippen LogP contribution in [0.1, 0.15) is 13.8 Å². The van der Waals surface area contributed by atoms with Crippen LogP contribution in [0.3, 0.4) is 0 Å². The highest BCUT2D eigenvalue weighted by atomic mass is 16.7. The minimum atomic E-state index is -0.913. The molecule has 0 saturated carbocycles. The molecule has 13 heavy (non-hydrogen) atoms. The highest BCUT2D eigenvalue weighted by Gasteiger charge is 2.43. The lowest BCUT2D eigenvalue weighted by molar-refractivity contribution is -0.154. The van der Waals surface area contributed by atoms with Crippen molar-refractivity contribution in [2.45, 2.75) is 38.4 Å². The minimum absolute atomic E-state index is 0.344. The second kappa shape index (κ2) is 4.04. The van der Waals surface area contributed by atoms with Gasteiger partial charge in [-0.2, -0.15) is 0 Å². The van der Waals surface area contributed by atoms with Gasteiger partial charge in [-0.1, -0.05) is 0 Å². The Morgan fingerprint density at radius 3 is 2.54 bits per heavy atom. The summed E-state index contributed by atoms with van der Waals surface area (Å²) < 4.78 is 14.9. The third-order valence-electron chi connectivity index (χ3n) is 1.96. The number of rotatable bonds is 2. The first-order valence-corrected chi connectivity index (χ1v) is 4.09. The van der Waals surface area contributed by atoms with Crippen molar-refractivity contribution in [3.63, 3.8) is 0 Å². The molecule has 0 amide bonds. The fourth-order valence-electron chi connectivity index (χ4n) is 1.35. The van der Waals surface area contributed by atoms with Gasteiger partial charge in [0.2, 0.25) is 0 Å². The molecule has 1 heterocycles. The Morgan fingerprint density at radius 1 is 1.54 bits per heavy atom. The Labute approximate surface area is 76.6 Å². The fraction of sp³-hybridized carbons (Fsp3) is 0.875. The van der Waals surface area contributed by atoms with Crippen LogP contribution in [0.25, 0.3) is 0 Å². The van der Waals surface area contributed by atoms with E-state index in [0.717, 1.165) is 0 Å². The Kier molecular flexibility index (Phi) is 3.24. The maximum atomic E-state index is 10.7. The number of ether oxygens (including phenoxy) is 3. The Morgan fingerprint density at radius 2 is 2.15 bits per heavy atom. The molecule has 5 heteroatoms. The van der Waals surface area contributed by atoms with Gasteiger partial charge in [0.15, 0.2) is 12.4 Å². The molecule has 76 valence electrons. The van der Waals surface area contributed by atoms with Crippen molar-refractivity contribution in [3.8, 4) is 0 Å². The number of hydrogen-bond acceptors (Lipinski definition) is 5. The zero-order valence-corrected chi connectivity index (χ0v) is 7.89. The van der Waals surface area contributed by atoms with Gasteiger partial charge < -0.3 is 19.3 Å². The second-order valence-corrected chi connectivity index (χ2v) is 3.01. The van der Waals surface area contributed by atoms with E-state index in [9.17, 15) is 9.90 Å². The average Bonchev–Trinajstić information content (AvgIpc) is 2.31. The molecule has 1 fully saturated rings. The molecule has 0 aromatic carbocycles. The molecule has 1 saturated heterocycles. The molecule has 0 aromatic heterocycles. The summed E-state index contributed by atoms with van der Waals surface area (Å²) in [5.74, 6) is -0.434. The third kappa shape index (κ3) is 2.18. The number of aliphatic hydroxyl groups is 1. The van der Waals surface area contributed by atoms with Crippen LogP contribution in [-0.4, -0.2) is 42.8 Å². The van der Waals surface area contributed by atoms with E-state index in [1.54, 1.807) is 6.92 Å². The van der Waals surface area contributed by atoms with Crippen LogP contribution < -0.4 is 0 Å². The van der Waals surface area contributed by atoms with Gasteiger partial charge in [0.05, 0.1) is 6.10 Å². The molecule has 0 aromatic rings. The predicted octanol–water partition coefficient (Wildman–Crippen LogP) is -0.330. The van der Waals surface area contributed by atoms with Gasteiger partial charge in [-0.3, -0.25) is 4.79 Å². The van der Waals surface area contributed by atoms with E-state index < -0.39 is 24.5 Å². The molecule has 1 N–H and O–H groups in total. The second-order valence-electron chi connectivity index (χ2n) is 3.01. The standard InChI is InChI=1S/C8H14O5/c1-4-7(13-5(2)9)6(10)8(11-3)12-4/h4,6-8,10H,1-3H3/t4-,6-,7+,8+/m1/s1. The Balaban J connectivity index is 2.58. The van der Waals surface area contributed by atoms with Crippen molar-refractivity contribution in [2.24, 2.45) is 0 Å². The molecule has 0 spiro atoms. The van der Waals surface area contributed by atoms with E-state index in [2.05, 4.69) is 0 Å². The highest BCUT2D eigenvalue weighted by Crippen LogP contribution is 2.23. The lowest BCUT2D eigenvalue weighted by atomic mass is 10.1. The number of carbonyl (C=O) groups is 1. The van der Waals surface area contributed by atoms with Crippen LogP contribution in [0.5, 0.6) is 0 Å². The number of carbonyl (C=O) groups excluding carboxylic acids is 1. The monoisotopic (exact) mass is 190 g/mol. The van der Waals surface area contributed by atoms with Crippen molar-refractivity contribution in [2.75, 3.05) is 7.11 Å². The van der Waals surface area contributed by atoms with Crippen LogP contribution in [0, 0.1) is 0 Å². The largest absolute Gasteiger partial charge is 0.457 e. The van der Waals surface area contributed by atoms with Crippen LogP contribution >= 0.6 is 0 Å². The predicted molar refractivity (Wildman–Crippen MR) is 42.9 cm³/mol. The van der Waals surface area contributed by atoms with E-state index in [0.29, 0.717) is 0 Å². The van der Waals surface area contributed by atoms with Crippen molar-refractivity contribution in [1.29, 1.82) is 0 Å². The summed E-state index contributed by atoms with van der Waals surface area (Å²) >= 11 is 0. The van der Waals surface area contributed by atoms with Gasteiger partial charge in [0.25, 0.3) is 0 Å². The van der Waals surface area contributed by atoms with Crippen LogP contribution in [0.15, 0.2) is 0 Å². The van der Waals surface area contributed by atoms with Crippen LogP contribution in [0.4, 0.5) is 0 Å². The van der Waals surface area contributed by atoms with E-state index >= 15 is 0 Å².